The fourth-order valence-corrected chi connectivity index (χ4v) is 2.82. The zero-order valence-corrected chi connectivity index (χ0v) is 15.8. The summed E-state index contributed by atoms with van der Waals surface area (Å²) in [6.45, 7) is 7.70. The zero-order valence-electron chi connectivity index (χ0n) is 13.6. The third-order valence-corrected chi connectivity index (χ3v) is 4.82. The Hall–Kier alpha value is -0.470. The first-order valence-corrected chi connectivity index (χ1v) is 8.51. The number of ether oxygens (including phenoxy) is 2. The highest BCUT2D eigenvalue weighted by Gasteiger charge is 2.33. The normalized spacial score (nSPS) is 11.7. The van der Waals surface area contributed by atoms with Gasteiger partial charge in [-0.2, -0.15) is 0 Å². The minimum atomic E-state index is -0.435. The summed E-state index contributed by atoms with van der Waals surface area (Å²) in [4.78, 5) is 9.43. The summed E-state index contributed by atoms with van der Waals surface area (Å²) in [6, 6.07) is 0. The van der Waals surface area contributed by atoms with Crippen molar-refractivity contribution in [1.82, 2.24) is 9.97 Å². The molecular weight excluding hydrogens is 381 g/mol. The van der Waals surface area contributed by atoms with E-state index in [-0.39, 0.29) is 0 Å². The predicted octanol–water partition coefficient (Wildman–Crippen LogP) is 3.71. The first-order chi connectivity index (χ1) is 10.1. The average molecular weight is 407 g/mol. The molecule has 6 heteroatoms. The van der Waals surface area contributed by atoms with Crippen molar-refractivity contribution in [3.63, 3.8) is 0 Å². The SMILES string of the molecule is CCCNc1nc(C(CC)(CC)OC)nc(COC)c1I. The first-order valence-electron chi connectivity index (χ1n) is 7.43. The van der Waals surface area contributed by atoms with Crippen LogP contribution in [0.15, 0.2) is 0 Å². The summed E-state index contributed by atoms with van der Waals surface area (Å²) in [5.74, 6) is 1.61. The molecule has 1 rings (SSSR count). The van der Waals surface area contributed by atoms with Crippen molar-refractivity contribution in [2.45, 2.75) is 52.2 Å². The molecule has 0 atom stereocenters. The lowest BCUT2D eigenvalue weighted by Gasteiger charge is -2.29. The Morgan fingerprint density at radius 3 is 2.29 bits per heavy atom. The molecule has 0 amide bonds. The summed E-state index contributed by atoms with van der Waals surface area (Å²) < 4.78 is 12.0. The number of hydrogen-bond donors (Lipinski definition) is 1. The van der Waals surface area contributed by atoms with Crippen LogP contribution in [0.5, 0.6) is 0 Å². The van der Waals surface area contributed by atoms with E-state index in [1.165, 1.54) is 0 Å². The van der Waals surface area contributed by atoms with Crippen molar-refractivity contribution >= 4 is 28.4 Å². The van der Waals surface area contributed by atoms with Crippen LogP contribution in [0.2, 0.25) is 0 Å². The van der Waals surface area contributed by atoms with Crippen molar-refractivity contribution < 1.29 is 9.47 Å². The molecular formula is C15H26IN3O2. The average Bonchev–Trinajstić information content (AvgIpc) is 2.51. The molecule has 0 saturated carbocycles. The molecule has 21 heavy (non-hydrogen) atoms. The molecule has 120 valence electrons. The van der Waals surface area contributed by atoms with E-state index in [1.54, 1.807) is 14.2 Å². The minimum absolute atomic E-state index is 0.435. The molecule has 0 fully saturated rings. The number of halogens is 1. The molecule has 1 heterocycles. The third-order valence-electron chi connectivity index (χ3n) is 3.68. The van der Waals surface area contributed by atoms with Gasteiger partial charge < -0.3 is 14.8 Å². The third kappa shape index (κ3) is 4.26. The van der Waals surface area contributed by atoms with Gasteiger partial charge >= 0.3 is 0 Å². The van der Waals surface area contributed by atoms with Gasteiger partial charge in [-0.25, -0.2) is 9.97 Å². The Kier molecular flexibility index (Phi) is 7.83. The molecule has 0 aliphatic carbocycles. The Balaban J connectivity index is 3.34. The van der Waals surface area contributed by atoms with Crippen LogP contribution in [0.1, 0.15) is 51.6 Å². The Bertz CT molecular complexity index is 443. The fraction of sp³-hybridized carbons (Fsp3) is 0.733. The van der Waals surface area contributed by atoms with E-state index in [0.29, 0.717) is 6.61 Å². The number of methoxy groups -OCH3 is 2. The molecule has 5 nitrogen and oxygen atoms in total. The van der Waals surface area contributed by atoms with E-state index in [9.17, 15) is 0 Å². The smallest absolute Gasteiger partial charge is 0.162 e. The highest BCUT2D eigenvalue weighted by molar-refractivity contribution is 14.1. The van der Waals surface area contributed by atoms with Crippen LogP contribution in [0.3, 0.4) is 0 Å². The number of anilines is 1. The highest BCUT2D eigenvalue weighted by atomic mass is 127. The quantitative estimate of drug-likeness (QED) is 0.633. The van der Waals surface area contributed by atoms with E-state index in [4.69, 9.17) is 19.4 Å². The Morgan fingerprint density at radius 1 is 1.14 bits per heavy atom. The van der Waals surface area contributed by atoms with E-state index in [0.717, 1.165) is 46.7 Å². The fourth-order valence-electron chi connectivity index (χ4n) is 2.24. The molecule has 1 N–H and O–H groups in total. The Morgan fingerprint density at radius 2 is 1.81 bits per heavy atom. The molecule has 0 unspecified atom stereocenters. The van der Waals surface area contributed by atoms with Crippen molar-refractivity contribution in [3.05, 3.63) is 15.1 Å². The predicted molar refractivity (Wildman–Crippen MR) is 93.5 cm³/mol. The van der Waals surface area contributed by atoms with Gasteiger partial charge in [0.15, 0.2) is 5.82 Å². The maximum absolute atomic E-state index is 5.76. The number of hydrogen-bond acceptors (Lipinski definition) is 5. The summed E-state index contributed by atoms with van der Waals surface area (Å²) in [7, 11) is 3.41. The van der Waals surface area contributed by atoms with Gasteiger partial charge in [0.25, 0.3) is 0 Å². The van der Waals surface area contributed by atoms with Gasteiger partial charge in [-0.05, 0) is 41.9 Å². The van der Waals surface area contributed by atoms with E-state index < -0.39 is 5.60 Å². The number of nitrogens with one attached hydrogen (secondary N) is 1. The molecule has 1 aromatic heterocycles. The second kappa shape index (κ2) is 8.85. The van der Waals surface area contributed by atoms with Crippen LogP contribution in [-0.2, 0) is 21.7 Å². The van der Waals surface area contributed by atoms with Gasteiger partial charge in [-0.3, -0.25) is 0 Å². The van der Waals surface area contributed by atoms with Crippen molar-refractivity contribution in [3.8, 4) is 0 Å². The van der Waals surface area contributed by atoms with Gasteiger partial charge in [0.05, 0.1) is 15.9 Å². The first kappa shape index (κ1) is 18.6. The summed E-state index contributed by atoms with van der Waals surface area (Å²) in [6.07, 6.45) is 2.71. The van der Waals surface area contributed by atoms with Gasteiger partial charge in [0, 0.05) is 20.8 Å². The van der Waals surface area contributed by atoms with Crippen LogP contribution in [0, 0.1) is 3.57 Å². The lowest BCUT2D eigenvalue weighted by molar-refractivity contribution is -0.0294. The Labute approximate surface area is 141 Å². The molecule has 0 spiro atoms. The second-order valence-electron chi connectivity index (χ2n) is 4.92. The topological polar surface area (TPSA) is 56.3 Å². The molecule has 0 aliphatic rings. The zero-order chi connectivity index (χ0) is 15.9. The molecule has 0 saturated heterocycles. The van der Waals surface area contributed by atoms with Crippen LogP contribution in [0.25, 0.3) is 0 Å². The highest BCUT2D eigenvalue weighted by Crippen LogP contribution is 2.32. The van der Waals surface area contributed by atoms with Gasteiger partial charge in [-0.15, -0.1) is 0 Å². The lowest BCUT2D eigenvalue weighted by atomic mass is 9.96. The van der Waals surface area contributed by atoms with E-state index in [2.05, 4.69) is 48.7 Å². The van der Waals surface area contributed by atoms with Crippen molar-refractivity contribution in [1.29, 1.82) is 0 Å². The summed E-state index contributed by atoms with van der Waals surface area (Å²) in [5.41, 5.74) is 0.472. The largest absolute Gasteiger partial charge is 0.378 e. The van der Waals surface area contributed by atoms with E-state index >= 15 is 0 Å². The number of rotatable bonds is 9. The van der Waals surface area contributed by atoms with Crippen LogP contribution < -0.4 is 5.32 Å². The van der Waals surface area contributed by atoms with Gasteiger partial charge in [0.2, 0.25) is 0 Å². The standard InChI is InChI=1S/C15H26IN3O2/c1-6-9-17-13-12(16)11(10-20-4)18-14(19-13)15(7-2,8-3)21-5/h6-10H2,1-5H3,(H,17,18,19). The minimum Gasteiger partial charge on any atom is -0.378 e. The van der Waals surface area contributed by atoms with Crippen molar-refractivity contribution in [2.75, 3.05) is 26.1 Å². The number of aromatic nitrogens is 2. The maximum Gasteiger partial charge on any atom is 0.162 e. The second-order valence-corrected chi connectivity index (χ2v) is 6.00. The molecule has 0 aliphatic heterocycles. The van der Waals surface area contributed by atoms with Gasteiger partial charge in [-0.1, -0.05) is 20.8 Å². The molecule has 0 radical (unpaired) electrons. The summed E-state index contributed by atoms with van der Waals surface area (Å²) >= 11 is 2.28. The van der Waals surface area contributed by atoms with E-state index in [1.807, 2.05) is 0 Å². The molecule has 0 aromatic carbocycles. The van der Waals surface area contributed by atoms with Gasteiger partial charge in [0.1, 0.15) is 11.4 Å². The van der Waals surface area contributed by atoms with Crippen LogP contribution >= 0.6 is 22.6 Å². The summed E-state index contributed by atoms with van der Waals surface area (Å²) in [5, 5.41) is 3.38. The van der Waals surface area contributed by atoms with Crippen LogP contribution in [0.4, 0.5) is 5.82 Å². The number of nitrogens with zero attached hydrogens (tertiary/aromatic N) is 2. The lowest BCUT2D eigenvalue weighted by Crippen LogP contribution is -2.30. The molecule has 0 bridgehead atoms. The van der Waals surface area contributed by atoms with Crippen LogP contribution in [-0.4, -0.2) is 30.7 Å². The van der Waals surface area contributed by atoms with Crippen molar-refractivity contribution in [2.24, 2.45) is 0 Å². The monoisotopic (exact) mass is 407 g/mol. The molecule has 1 aromatic rings. The maximum atomic E-state index is 5.76.